The first kappa shape index (κ1) is 16.8. The number of fused-ring (bicyclic) bond motifs is 1. The van der Waals surface area contributed by atoms with Gasteiger partial charge in [0.15, 0.2) is 0 Å². The number of hydrogen-bond acceptors (Lipinski definition) is 5. The minimum atomic E-state index is -0.0429. The molecule has 1 fully saturated rings. The van der Waals surface area contributed by atoms with Crippen LogP contribution in [0.3, 0.4) is 0 Å². The van der Waals surface area contributed by atoms with Crippen molar-refractivity contribution in [3.05, 3.63) is 54.7 Å². The van der Waals surface area contributed by atoms with E-state index in [-0.39, 0.29) is 5.91 Å². The number of carbonyl (C=O) groups is 1. The van der Waals surface area contributed by atoms with Gasteiger partial charge in [-0.2, -0.15) is 5.10 Å². The van der Waals surface area contributed by atoms with Gasteiger partial charge in [0.2, 0.25) is 5.91 Å². The van der Waals surface area contributed by atoms with Gasteiger partial charge in [-0.25, -0.2) is 0 Å². The number of thioether (sulfide) groups is 1. The molecule has 0 saturated carbocycles. The van der Waals surface area contributed by atoms with Gasteiger partial charge in [-0.05, 0) is 37.1 Å². The number of aromatic nitrogens is 2. The second kappa shape index (κ2) is 7.74. The van der Waals surface area contributed by atoms with Crippen LogP contribution in [0.2, 0.25) is 0 Å². The maximum Gasteiger partial charge on any atom is 0.234 e. The molecule has 1 saturated heterocycles. The van der Waals surface area contributed by atoms with Crippen molar-refractivity contribution in [2.75, 3.05) is 29.1 Å². The van der Waals surface area contributed by atoms with Crippen molar-refractivity contribution in [1.82, 2.24) is 10.2 Å². The van der Waals surface area contributed by atoms with E-state index in [1.165, 1.54) is 30.3 Å². The quantitative estimate of drug-likeness (QED) is 0.695. The van der Waals surface area contributed by atoms with Crippen LogP contribution in [0.15, 0.2) is 59.8 Å². The molecule has 1 aromatic heterocycles. The van der Waals surface area contributed by atoms with E-state index in [1.54, 1.807) is 6.20 Å². The van der Waals surface area contributed by atoms with Crippen LogP contribution in [0, 0.1) is 0 Å². The third-order valence-corrected chi connectivity index (χ3v) is 5.48. The Morgan fingerprint density at radius 2 is 1.85 bits per heavy atom. The molecule has 0 unspecified atom stereocenters. The monoisotopic (exact) mass is 364 g/mol. The first-order valence-corrected chi connectivity index (χ1v) is 9.76. The lowest BCUT2D eigenvalue weighted by Gasteiger charge is -2.17. The summed E-state index contributed by atoms with van der Waals surface area (Å²) in [5.41, 5.74) is 2.04. The van der Waals surface area contributed by atoms with Crippen LogP contribution in [0.25, 0.3) is 10.8 Å². The van der Waals surface area contributed by atoms with Crippen molar-refractivity contribution in [2.45, 2.75) is 17.9 Å². The summed E-state index contributed by atoms with van der Waals surface area (Å²) in [4.78, 5) is 14.6. The number of nitrogens with zero attached hydrogens (tertiary/aromatic N) is 3. The van der Waals surface area contributed by atoms with Gasteiger partial charge in [0, 0.05) is 35.2 Å². The number of rotatable bonds is 5. The maximum atomic E-state index is 12.3. The Bertz CT molecular complexity index is 902. The van der Waals surface area contributed by atoms with Crippen LogP contribution in [-0.2, 0) is 4.79 Å². The summed E-state index contributed by atoms with van der Waals surface area (Å²) in [5, 5.41) is 14.0. The fourth-order valence-corrected chi connectivity index (χ4v) is 3.96. The van der Waals surface area contributed by atoms with Crippen molar-refractivity contribution < 1.29 is 4.79 Å². The summed E-state index contributed by atoms with van der Waals surface area (Å²) in [6.45, 7) is 2.24. The Hall–Kier alpha value is -2.60. The zero-order valence-corrected chi connectivity index (χ0v) is 15.2. The fraction of sp³-hybridized carbons (Fsp3) is 0.250. The normalized spacial score (nSPS) is 13.9. The van der Waals surface area contributed by atoms with E-state index < -0.39 is 0 Å². The fourth-order valence-electron chi connectivity index (χ4n) is 3.17. The van der Waals surface area contributed by atoms with E-state index in [2.05, 4.69) is 32.5 Å². The summed E-state index contributed by atoms with van der Waals surface area (Å²) in [6, 6.07) is 16.0. The van der Waals surface area contributed by atoms with E-state index >= 15 is 0 Å². The van der Waals surface area contributed by atoms with Crippen LogP contribution >= 0.6 is 11.8 Å². The average molecular weight is 364 g/mol. The predicted molar refractivity (Wildman–Crippen MR) is 107 cm³/mol. The highest BCUT2D eigenvalue weighted by Crippen LogP contribution is 2.25. The Morgan fingerprint density at radius 3 is 2.65 bits per heavy atom. The molecule has 1 N–H and O–H groups in total. The number of hydrogen-bond donors (Lipinski definition) is 1. The van der Waals surface area contributed by atoms with Crippen molar-refractivity contribution in [3.63, 3.8) is 0 Å². The molecule has 2 heterocycles. The van der Waals surface area contributed by atoms with E-state index in [9.17, 15) is 4.79 Å². The van der Waals surface area contributed by atoms with Crippen molar-refractivity contribution >= 4 is 39.8 Å². The van der Waals surface area contributed by atoms with Gasteiger partial charge in [0.05, 0.1) is 11.9 Å². The predicted octanol–water partition coefficient (Wildman–Crippen LogP) is 3.96. The summed E-state index contributed by atoms with van der Waals surface area (Å²) in [5.74, 6) is 0.259. The van der Waals surface area contributed by atoms with Crippen LogP contribution in [0.5, 0.6) is 0 Å². The molecule has 0 radical (unpaired) electrons. The van der Waals surface area contributed by atoms with Gasteiger partial charge < -0.3 is 10.2 Å². The third-order valence-electron chi connectivity index (χ3n) is 4.50. The van der Waals surface area contributed by atoms with Crippen LogP contribution < -0.4 is 10.2 Å². The molecule has 0 aliphatic carbocycles. The zero-order valence-electron chi connectivity index (χ0n) is 14.4. The molecular formula is C20H20N4OS. The molecule has 0 spiro atoms. The molecule has 3 aromatic rings. The summed E-state index contributed by atoms with van der Waals surface area (Å²) >= 11 is 1.41. The second-order valence-corrected chi connectivity index (χ2v) is 7.28. The number of benzene rings is 2. The van der Waals surface area contributed by atoms with Crippen molar-refractivity contribution in [1.29, 1.82) is 0 Å². The minimum absolute atomic E-state index is 0.0429. The third kappa shape index (κ3) is 3.80. The van der Waals surface area contributed by atoms with Crippen molar-refractivity contribution in [3.8, 4) is 0 Å². The molecular weight excluding hydrogens is 344 g/mol. The topological polar surface area (TPSA) is 58.1 Å². The highest BCUT2D eigenvalue weighted by molar-refractivity contribution is 8.00. The Kier molecular flexibility index (Phi) is 5.02. The largest absolute Gasteiger partial charge is 0.372 e. The second-order valence-electron chi connectivity index (χ2n) is 6.31. The summed E-state index contributed by atoms with van der Waals surface area (Å²) < 4.78 is 0. The van der Waals surface area contributed by atoms with Gasteiger partial charge in [0.1, 0.15) is 5.03 Å². The van der Waals surface area contributed by atoms with Gasteiger partial charge in [0.25, 0.3) is 0 Å². The average Bonchev–Trinajstić information content (AvgIpc) is 3.22. The molecule has 1 aliphatic heterocycles. The maximum absolute atomic E-state index is 12.3. The van der Waals surface area contributed by atoms with Crippen LogP contribution in [0.4, 0.5) is 11.4 Å². The van der Waals surface area contributed by atoms with Crippen LogP contribution in [0.1, 0.15) is 12.8 Å². The zero-order chi connectivity index (χ0) is 17.8. The van der Waals surface area contributed by atoms with E-state index in [0.29, 0.717) is 5.75 Å². The molecule has 5 nitrogen and oxygen atoms in total. The summed E-state index contributed by atoms with van der Waals surface area (Å²) in [6.07, 6.45) is 4.25. The SMILES string of the molecule is O=C(CSc1nncc2ccccc12)Nc1ccc(N2CCCC2)cc1. The number of amides is 1. The van der Waals surface area contributed by atoms with Gasteiger partial charge in [-0.15, -0.1) is 5.10 Å². The molecule has 4 rings (SSSR count). The molecule has 1 amide bonds. The molecule has 132 valence electrons. The standard InChI is InChI=1S/C20H20N4OS/c25-19(14-26-20-18-6-2-1-5-15(18)13-21-23-20)22-16-7-9-17(10-8-16)24-11-3-4-12-24/h1-2,5-10,13H,3-4,11-12,14H2,(H,22,25). The molecule has 1 aliphatic rings. The first-order valence-electron chi connectivity index (χ1n) is 8.78. The van der Waals surface area contributed by atoms with Gasteiger partial charge >= 0.3 is 0 Å². The number of anilines is 2. The van der Waals surface area contributed by atoms with E-state index in [1.807, 2.05) is 36.4 Å². The van der Waals surface area contributed by atoms with Crippen molar-refractivity contribution in [2.24, 2.45) is 0 Å². The number of nitrogens with one attached hydrogen (secondary N) is 1. The molecule has 0 atom stereocenters. The lowest BCUT2D eigenvalue weighted by atomic mass is 10.2. The van der Waals surface area contributed by atoms with Gasteiger partial charge in [-0.1, -0.05) is 36.0 Å². The number of carbonyl (C=O) groups excluding carboxylic acids is 1. The first-order chi connectivity index (χ1) is 12.8. The Labute approximate surface area is 156 Å². The minimum Gasteiger partial charge on any atom is -0.372 e. The smallest absolute Gasteiger partial charge is 0.234 e. The lowest BCUT2D eigenvalue weighted by Crippen LogP contribution is -2.18. The molecule has 26 heavy (non-hydrogen) atoms. The molecule has 2 aromatic carbocycles. The van der Waals surface area contributed by atoms with E-state index in [4.69, 9.17) is 0 Å². The molecule has 6 heteroatoms. The van der Waals surface area contributed by atoms with Crippen LogP contribution in [-0.4, -0.2) is 34.9 Å². The highest BCUT2D eigenvalue weighted by atomic mass is 32.2. The Morgan fingerprint density at radius 1 is 1.08 bits per heavy atom. The highest BCUT2D eigenvalue weighted by Gasteiger charge is 2.12. The Balaban J connectivity index is 1.36. The lowest BCUT2D eigenvalue weighted by molar-refractivity contribution is -0.113. The molecule has 0 bridgehead atoms. The van der Waals surface area contributed by atoms with Gasteiger partial charge in [-0.3, -0.25) is 4.79 Å². The summed E-state index contributed by atoms with van der Waals surface area (Å²) in [7, 11) is 0. The van der Waals surface area contributed by atoms with E-state index in [0.717, 1.165) is 34.6 Å².